The number of ether oxygens (including phenoxy) is 2. The van der Waals surface area contributed by atoms with Gasteiger partial charge < -0.3 is 13.9 Å². The summed E-state index contributed by atoms with van der Waals surface area (Å²) in [6.45, 7) is 0. The first-order valence-corrected chi connectivity index (χ1v) is 8.05. The number of carbonyl (C=O) groups excluding carboxylic acids is 1. The zero-order chi connectivity index (χ0) is 17.9. The monoisotopic (exact) mass is 345 g/mol. The standard InChI is InChI=1S/C21H15NO4/c1-24-16-10-12-17(13-11-16)25-21(23)15-8-6-14(7-9-15)20-22-18-4-2-3-5-19(18)26-20/h2-13H,1H3. The molecule has 0 spiro atoms. The van der Waals surface area contributed by atoms with Gasteiger partial charge in [-0.15, -0.1) is 0 Å². The van der Waals surface area contributed by atoms with Gasteiger partial charge in [-0.3, -0.25) is 0 Å². The van der Waals surface area contributed by atoms with Gasteiger partial charge in [-0.2, -0.15) is 0 Å². The fraction of sp³-hybridized carbons (Fsp3) is 0.0476. The van der Waals surface area contributed by atoms with E-state index in [1.54, 1.807) is 55.6 Å². The third kappa shape index (κ3) is 3.15. The summed E-state index contributed by atoms with van der Waals surface area (Å²) in [5.74, 6) is 1.24. The van der Waals surface area contributed by atoms with Crippen LogP contribution in [0.5, 0.6) is 11.5 Å². The second-order valence-electron chi connectivity index (χ2n) is 5.63. The van der Waals surface area contributed by atoms with Gasteiger partial charge in [0, 0.05) is 5.56 Å². The summed E-state index contributed by atoms with van der Waals surface area (Å²) >= 11 is 0. The molecule has 1 aromatic heterocycles. The number of hydrogen-bond donors (Lipinski definition) is 0. The predicted molar refractivity (Wildman–Crippen MR) is 97.4 cm³/mol. The van der Waals surface area contributed by atoms with E-state index in [1.165, 1.54) is 0 Å². The lowest BCUT2D eigenvalue weighted by Gasteiger charge is -2.05. The summed E-state index contributed by atoms with van der Waals surface area (Å²) in [5, 5.41) is 0. The number of esters is 1. The Balaban J connectivity index is 1.52. The molecule has 0 saturated heterocycles. The van der Waals surface area contributed by atoms with Crippen LogP contribution in [-0.4, -0.2) is 18.1 Å². The fourth-order valence-electron chi connectivity index (χ4n) is 2.55. The van der Waals surface area contributed by atoms with Crippen LogP contribution in [0, 0.1) is 0 Å². The molecule has 5 heteroatoms. The predicted octanol–water partition coefficient (Wildman–Crippen LogP) is 4.72. The van der Waals surface area contributed by atoms with Gasteiger partial charge in [0.25, 0.3) is 0 Å². The van der Waals surface area contributed by atoms with E-state index in [0.29, 0.717) is 23.0 Å². The molecule has 0 atom stereocenters. The van der Waals surface area contributed by atoms with Crippen LogP contribution in [0.15, 0.2) is 77.2 Å². The van der Waals surface area contributed by atoms with Crippen LogP contribution >= 0.6 is 0 Å². The van der Waals surface area contributed by atoms with Crippen LogP contribution in [0.4, 0.5) is 0 Å². The molecule has 0 aliphatic heterocycles. The number of oxazole rings is 1. The van der Waals surface area contributed by atoms with Crippen LogP contribution < -0.4 is 9.47 Å². The average Bonchev–Trinajstić information content (AvgIpc) is 3.13. The first-order chi connectivity index (χ1) is 12.7. The van der Waals surface area contributed by atoms with Crippen LogP contribution in [0.3, 0.4) is 0 Å². The Hall–Kier alpha value is -3.60. The number of carbonyl (C=O) groups is 1. The molecule has 1 heterocycles. The van der Waals surface area contributed by atoms with E-state index in [4.69, 9.17) is 13.9 Å². The highest BCUT2D eigenvalue weighted by molar-refractivity contribution is 5.91. The average molecular weight is 345 g/mol. The Morgan fingerprint density at radius 2 is 1.58 bits per heavy atom. The molecule has 0 unspecified atom stereocenters. The summed E-state index contributed by atoms with van der Waals surface area (Å²) in [6, 6.07) is 21.4. The Morgan fingerprint density at radius 3 is 2.27 bits per heavy atom. The minimum atomic E-state index is -0.431. The molecule has 26 heavy (non-hydrogen) atoms. The molecular formula is C21H15NO4. The molecule has 4 rings (SSSR count). The van der Waals surface area contributed by atoms with E-state index in [9.17, 15) is 4.79 Å². The summed E-state index contributed by atoms with van der Waals surface area (Å²) in [5.41, 5.74) is 2.76. The number of methoxy groups -OCH3 is 1. The van der Waals surface area contributed by atoms with Crippen molar-refractivity contribution in [2.75, 3.05) is 7.11 Å². The zero-order valence-electron chi connectivity index (χ0n) is 14.0. The molecule has 0 aliphatic rings. The smallest absolute Gasteiger partial charge is 0.343 e. The van der Waals surface area contributed by atoms with Crippen molar-refractivity contribution < 1.29 is 18.7 Å². The van der Waals surface area contributed by atoms with Gasteiger partial charge in [0.2, 0.25) is 5.89 Å². The molecule has 0 N–H and O–H groups in total. The fourth-order valence-corrected chi connectivity index (χ4v) is 2.55. The normalized spacial score (nSPS) is 10.7. The van der Waals surface area contributed by atoms with Crippen LogP contribution in [-0.2, 0) is 0 Å². The van der Waals surface area contributed by atoms with Crippen molar-refractivity contribution in [3.8, 4) is 23.0 Å². The highest BCUT2D eigenvalue weighted by atomic mass is 16.5. The van der Waals surface area contributed by atoms with E-state index in [2.05, 4.69) is 4.98 Å². The third-order valence-corrected chi connectivity index (χ3v) is 3.93. The second kappa shape index (κ2) is 6.72. The van der Waals surface area contributed by atoms with Gasteiger partial charge in [-0.25, -0.2) is 9.78 Å². The first-order valence-electron chi connectivity index (χ1n) is 8.05. The maximum Gasteiger partial charge on any atom is 0.343 e. The highest BCUT2D eigenvalue weighted by Gasteiger charge is 2.11. The summed E-state index contributed by atoms with van der Waals surface area (Å²) in [4.78, 5) is 16.7. The lowest BCUT2D eigenvalue weighted by Crippen LogP contribution is -2.08. The number of para-hydroxylation sites is 2. The maximum absolute atomic E-state index is 12.3. The third-order valence-electron chi connectivity index (χ3n) is 3.93. The van der Waals surface area contributed by atoms with Crippen molar-refractivity contribution in [2.24, 2.45) is 0 Å². The van der Waals surface area contributed by atoms with Gasteiger partial charge in [0.1, 0.15) is 17.0 Å². The maximum atomic E-state index is 12.3. The molecule has 128 valence electrons. The van der Waals surface area contributed by atoms with Crippen molar-refractivity contribution in [3.05, 3.63) is 78.4 Å². The molecule has 5 nitrogen and oxygen atoms in total. The lowest BCUT2D eigenvalue weighted by atomic mass is 10.1. The molecule has 0 aliphatic carbocycles. The highest BCUT2D eigenvalue weighted by Crippen LogP contribution is 2.25. The molecule has 0 bridgehead atoms. The quantitative estimate of drug-likeness (QED) is 0.395. The van der Waals surface area contributed by atoms with Crippen LogP contribution in [0.1, 0.15) is 10.4 Å². The van der Waals surface area contributed by atoms with Gasteiger partial charge in [-0.1, -0.05) is 12.1 Å². The Morgan fingerprint density at radius 1 is 0.885 bits per heavy atom. The SMILES string of the molecule is COc1ccc(OC(=O)c2ccc(-c3nc4ccccc4o3)cc2)cc1. The lowest BCUT2D eigenvalue weighted by molar-refractivity contribution is 0.0734. The van der Waals surface area contributed by atoms with E-state index < -0.39 is 5.97 Å². The van der Waals surface area contributed by atoms with Gasteiger partial charge >= 0.3 is 5.97 Å². The van der Waals surface area contributed by atoms with E-state index in [0.717, 1.165) is 16.7 Å². The Kier molecular flexibility index (Phi) is 4.11. The van der Waals surface area contributed by atoms with E-state index in [-0.39, 0.29) is 0 Å². The summed E-state index contributed by atoms with van der Waals surface area (Å²) < 4.78 is 16.2. The van der Waals surface area contributed by atoms with Gasteiger partial charge in [0.05, 0.1) is 12.7 Å². The van der Waals surface area contributed by atoms with Crippen molar-refractivity contribution in [3.63, 3.8) is 0 Å². The van der Waals surface area contributed by atoms with E-state index >= 15 is 0 Å². The number of hydrogen-bond acceptors (Lipinski definition) is 5. The van der Waals surface area contributed by atoms with E-state index in [1.807, 2.05) is 24.3 Å². The molecule has 3 aromatic carbocycles. The number of rotatable bonds is 4. The molecular weight excluding hydrogens is 330 g/mol. The molecule has 0 fully saturated rings. The van der Waals surface area contributed by atoms with Crippen molar-refractivity contribution in [1.29, 1.82) is 0 Å². The Labute approximate surface area is 149 Å². The summed E-state index contributed by atoms with van der Waals surface area (Å²) in [7, 11) is 1.58. The molecule has 0 amide bonds. The molecule has 0 saturated carbocycles. The number of aromatic nitrogens is 1. The largest absolute Gasteiger partial charge is 0.497 e. The van der Waals surface area contributed by atoms with Crippen molar-refractivity contribution >= 4 is 17.1 Å². The second-order valence-corrected chi connectivity index (χ2v) is 5.63. The number of benzene rings is 3. The molecule has 4 aromatic rings. The number of fused-ring (bicyclic) bond motifs is 1. The first kappa shape index (κ1) is 15.9. The molecule has 0 radical (unpaired) electrons. The van der Waals surface area contributed by atoms with Crippen molar-refractivity contribution in [1.82, 2.24) is 4.98 Å². The zero-order valence-corrected chi connectivity index (χ0v) is 14.0. The van der Waals surface area contributed by atoms with Crippen LogP contribution in [0.2, 0.25) is 0 Å². The van der Waals surface area contributed by atoms with Gasteiger partial charge in [-0.05, 0) is 60.7 Å². The minimum Gasteiger partial charge on any atom is -0.497 e. The number of nitrogens with zero attached hydrogens (tertiary/aromatic N) is 1. The van der Waals surface area contributed by atoms with Crippen LogP contribution in [0.25, 0.3) is 22.6 Å². The Bertz CT molecular complexity index is 1020. The summed E-state index contributed by atoms with van der Waals surface area (Å²) in [6.07, 6.45) is 0. The minimum absolute atomic E-state index is 0.431. The topological polar surface area (TPSA) is 61.6 Å². The van der Waals surface area contributed by atoms with Gasteiger partial charge in [0.15, 0.2) is 5.58 Å². The van der Waals surface area contributed by atoms with Crippen molar-refractivity contribution in [2.45, 2.75) is 0 Å².